The maximum absolute atomic E-state index is 12.3. The zero-order valence-corrected chi connectivity index (χ0v) is 14.7. The molecular weight excluding hydrogens is 318 g/mol. The summed E-state index contributed by atoms with van der Waals surface area (Å²) in [7, 11) is 0. The first-order chi connectivity index (χ1) is 12.2. The first kappa shape index (κ1) is 17.1. The lowest BCUT2D eigenvalue weighted by molar-refractivity contribution is 0.0772. The second-order valence-electron chi connectivity index (χ2n) is 5.77. The molecule has 2 aromatic rings. The molecule has 3 rings (SSSR count). The molecule has 0 unspecified atom stereocenters. The van der Waals surface area contributed by atoms with Crippen molar-refractivity contribution in [3.63, 3.8) is 0 Å². The minimum absolute atomic E-state index is 0.0254. The Labute approximate surface area is 147 Å². The Morgan fingerprint density at radius 1 is 0.920 bits per heavy atom. The van der Waals surface area contributed by atoms with Crippen LogP contribution >= 0.6 is 0 Å². The van der Waals surface area contributed by atoms with Crippen LogP contribution in [0, 0.1) is 0 Å². The smallest absolute Gasteiger partial charge is 0.256 e. The number of hydrogen-bond donors (Lipinski definition) is 0. The molecule has 1 aliphatic rings. The highest BCUT2D eigenvalue weighted by Crippen LogP contribution is 2.14. The van der Waals surface area contributed by atoms with Crippen LogP contribution in [0.4, 0.5) is 11.9 Å². The topological polar surface area (TPSA) is 78.4 Å². The van der Waals surface area contributed by atoms with Gasteiger partial charge in [0.15, 0.2) is 0 Å². The van der Waals surface area contributed by atoms with E-state index in [4.69, 9.17) is 0 Å². The van der Waals surface area contributed by atoms with E-state index in [2.05, 4.69) is 29.7 Å². The number of aromatic nitrogens is 4. The first-order valence-corrected chi connectivity index (χ1v) is 8.61. The van der Waals surface area contributed by atoms with E-state index in [1.54, 1.807) is 29.7 Å². The molecule has 2 aromatic heterocycles. The highest BCUT2D eigenvalue weighted by molar-refractivity contribution is 5.93. The molecule has 132 valence electrons. The Hall–Kier alpha value is -2.77. The molecule has 8 nitrogen and oxygen atoms in total. The molecule has 0 bridgehead atoms. The van der Waals surface area contributed by atoms with Gasteiger partial charge in [-0.15, -0.1) is 0 Å². The van der Waals surface area contributed by atoms with Gasteiger partial charge < -0.3 is 14.7 Å². The number of hydrogen-bond acceptors (Lipinski definition) is 7. The molecule has 0 saturated carbocycles. The van der Waals surface area contributed by atoms with Crippen LogP contribution in [0.15, 0.2) is 30.9 Å². The molecule has 1 amide bonds. The van der Waals surface area contributed by atoms with Gasteiger partial charge in [-0.3, -0.25) is 4.79 Å². The van der Waals surface area contributed by atoms with Crippen molar-refractivity contribution in [1.82, 2.24) is 24.8 Å². The Balaban J connectivity index is 1.61. The second kappa shape index (κ2) is 7.87. The summed E-state index contributed by atoms with van der Waals surface area (Å²) in [5.41, 5.74) is 0.531. The molecule has 0 radical (unpaired) electrons. The van der Waals surface area contributed by atoms with Crippen LogP contribution in [0.1, 0.15) is 24.2 Å². The standard InChI is InChI=1S/C17H23N7O/c1-3-22(4-2)15(25)14-12-20-17(21-13-14)24-10-8-23(9-11-24)16-18-6-5-7-19-16/h5-7,12-13H,3-4,8-11H2,1-2H3. The first-order valence-electron chi connectivity index (χ1n) is 8.61. The number of amides is 1. The molecule has 1 aliphatic heterocycles. The van der Waals surface area contributed by atoms with E-state index in [1.165, 1.54) is 0 Å². The van der Waals surface area contributed by atoms with E-state index >= 15 is 0 Å². The zero-order chi connectivity index (χ0) is 17.6. The van der Waals surface area contributed by atoms with Gasteiger partial charge in [0.1, 0.15) is 0 Å². The summed E-state index contributed by atoms with van der Waals surface area (Å²) >= 11 is 0. The molecule has 0 spiro atoms. The predicted molar refractivity (Wildman–Crippen MR) is 95.7 cm³/mol. The molecule has 1 saturated heterocycles. The summed E-state index contributed by atoms with van der Waals surface area (Å²) in [6, 6.07) is 1.81. The summed E-state index contributed by atoms with van der Waals surface area (Å²) in [5, 5.41) is 0. The van der Waals surface area contributed by atoms with Gasteiger partial charge in [0.05, 0.1) is 5.56 Å². The fourth-order valence-corrected chi connectivity index (χ4v) is 2.85. The van der Waals surface area contributed by atoms with Gasteiger partial charge in [-0.1, -0.05) is 0 Å². The van der Waals surface area contributed by atoms with Gasteiger partial charge in [-0.05, 0) is 19.9 Å². The predicted octanol–water partition coefficient (Wildman–Crippen LogP) is 1.08. The third-order valence-electron chi connectivity index (χ3n) is 4.33. The monoisotopic (exact) mass is 341 g/mol. The maximum atomic E-state index is 12.3. The normalized spacial score (nSPS) is 14.5. The minimum atomic E-state index is -0.0254. The van der Waals surface area contributed by atoms with E-state index < -0.39 is 0 Å². The number of nitrogens with zero attached hydrogens (tertiary/aromatic N) is 7. The fourth-order valence-electron chi connectivity index (χ4n) is 2.85. The zero-order valence-electron chi connectivity index (χ0n) is 14.7. The number of anilines is 2. The molecule has 0 aliphatic carbocycles. The van der Waals surface area contributed by atoms with Crippen molar-refractivity contribution in [3.8, 4) is 0 Å². The van der Waals surface area contributed by atoms with Gasteiger partial charge in [-0.2, -0.15) is 0 Å². The van der Waals surface area contributed by atoms with Crippen LogP contribution in [0.3, 0.4) is 0 Å². The molecule has 8 heteroatoms. The lowest BCUT2D eigenvalue weighted by Crippen LogP contribution is -2.47. The second-order valence-corrected chi connectivity index (χ2v) is 5.77. The van der Waals surface area contributed by atoms with Gasteiger partial charge in [-0.25, -0.2) is 19.9 Å². The van der Waals surface area contributed by atoms with Crippen molar-refractivity contribution in [2.24, 2.45) is 0 Å². The van der Waals surface area contributed by atoms with Gasteiger partial charge in [0.2, 0.25) is 11.9 Å². The van der Waals surface area contributed by atoms with Crippen molar-refractivity contribution >= 4 is 17.8 Å². The van der Waals surface area contributed by atoms with Crippen molar-refractivity contribution < 1.29 is 4.79 Å². The van der Waals surface area contributed by atoms with Crippen LogP contribution in [-0.4, -0.2) is 70.0 Å². The van der Waals surface area contributed by atoms with Crippen molar-refractivity contribution in [3.05, 3.63) is 36.4 Å². The fraction of sp³-hybridized carbons (Fsp3) is 0.471. The van der Waals surface area contributed by atoms with Gasteiger partial charge >= 0.3 is 0 Å². The summed E-state index contributed by atoms with van der Waals surface area (Å²) < 4.78 is 0. The average molecular weight is 341 g/mol. The number of carbonyl (C=O) groups is 1. The number of carbonyl (C=O) groups excluding carboxylic acids is 1. The molecule has 25 heavy (non-hydrogen) atoms. The molecule has 0 N–H and O–H groups in total. The third-order valence-corrected chi connectivity index (χ3v) is 4.33. The highest BCUT2D eigenvalue weighted by Gasteiger charge is 2.21. The Bertz CT molecular complexity index is 680. The SMILES string of the molecule is CCN(CC)C(=O)c1cnc(N2CCN(c3ncccn3)CC2)nc1. The molecule has 0 aromatic carbocycles. The summed E-state index contributed by atoms with van der Waals surface area (Å²) in [6.07, 6.45) is 6.75. The molecule has 1 fully saturated rings. The van der Waals surface area contributed by atoms with Crippen LogP contribution in [0.5, 0.6) is 0 Å². The molecule has 0 atom stereocenters. The lowest BCUT2D eigenvalue weighted by atomic mass is 10.3. The quantitative estimate of drug-likeness (QED) is 0.805. The average Bonchev–Trinajstić information content (AvgIpc) is 2.70. The summed E-state index contributed by atoms with van der Waals surface area (Å²) in [4.78, 5) is 35.7. The number of rotatable bonds is 5. The summed E-state index contributed by atoms with van der Waals surface area (Å²) in [5.74, 6) is 1.38. The van der Waals surface area contributed by atoms with Gasteiger partial charge in [0, 0.05) is 64.1 Å². The van der Waals surface area contributed by atoms with Gasteiger partial charge in [0.25, 0.3) is 5.91 Å². The molecular formula is C17H23N7O. The van der Waals surface area contributed by atoms with Crippen LogP contribution < -0.4 is 9.80 Å². The Morgan fingerprint density at radius 2 is 1.40 bits per heavy atom. The maximum Gasteiger partial charge on any atom is 0.256 e. The van der Waals surface area contributed by atoms with E-state index in [1.807, 2.05) is 19.9 Å². The largest absolute Gasteiger partial charge is 0.339 e. The summed E-state index contributed by atoms with van der Waals surface area (Å²) in [6.45, 7) is 8.50. The lowest BCUT2D eigenvalue weighted by Gasteiger charge is -2.34. The Kier molecular flexibility index (Phi) is 5.37. The van der Waals surface area contributed by atoms with Crippen molar-refractivity contribution in [2.75, 3.05) is 49.1 Å². The van der Waals surface area contributed by atoms with E-state index in [-0.39, 0.29) is 5.91 Å². The van der Waals surface area contributed by atoms with E-state index in [0.29, 0.717) is 24.6 Å². The van der Waals surface area contributed by atoms with Crippen molar-refractivity contribution in [1.29, 1.82) is 0 Å². The van der Waals surface area contributed by atoms with E-state index in [0.717, 1.165) is 32.1 Å². The minimum Gasteiger partial charge on any atom is -0.339 e. The number of piperazine rings is 1. The van der Waals surface area contributed by atoms with Crippen LogP contribution in [-0.2, 0) is 0 Å². The van der Waals surface area contributed by atoms with Crippen LogP contribution in [0.2, 0.25) is 0 Å². The van der Waals surface area contributed by atoms with Crippen LogP contribution in [0.25, 0.3) is 0 Å². The van der Waals surface area contributed by atoms with E-state index in [9.17, 15) is 4.79 Å². The third kappa shape index (κ3) is 3.84. The highest BCUT2D eigenvalue weighted by atomic mass is 16.2. The molecule has 3 heterocycles. The Morgan fingerprint density at radius 3 is 1.88 bits per heavy atom. The van der Waals surface area contributed by atoms with Crippen molar-refractivity contribution in [2.45, 2.75) is 13.8 Å².